The quantitative estimate of drug-likeness (QED) is 0.551. The molecule has 0 aromatic heterocycles. The Hall–Kier alpha value is -3.19. The van der Waals surface area contributed by atoms with Gasteiger partial charge in [-0.1, -0.05) is 23.7 Å². The van der Waals surface area contributed by atoms with Crippen LogP contribution in [0.5, 0.6) is 17.2 Å². The summed E-state index contributed by atoms with van der Waals surface area (Å²) in [6.07, 6.45) is 2.78. The molecule has 0 saturated heterocycles. The molecular weight excluding hydrogens is 398 g/mol. The maximum Gasteiger partial charge on any atom is 0.331 e. The fourth-order valence-electron chi connectivity index (χ4n) is 2.64. The molecule has 2 aromatic carbocycles. The van der Waals surface area contributed by atoms with Gasteiger partial charge in [-0.2, -0.15) is 0 Å². The van der Waals surface area contributed by atoms with Crippen molar-refractivity contribution >= 4 is 29.6 Å². The fourth-order valence-corrected chi connectivity index (χ4v) is 2.85. The van der Waals surface area contributed by atoms with Crippen molar-refractivity contribution in [3.05, 3.63) is 58.6 Å². The number of ether oxygens (including phenoxy) is 4. The molecule has 29 heavy (non-hydrogen) atoms. The summed E-state index contributed by atoms with van der Waals surface area (Å²) in [6.45, 7) is 0.803. The van der Waals surface area contributed by atoms with Crippen LogP contribution in [0.15, 0.2) is 42.5 Å². The lowest BCUT2D eigenvalue weighted by Crippen LogP contribution is -2.28. The minimum Gasteiger partial charge on any atom is -0.493 e. The van der Waals surface area contributed by atoms with E-state index in [2.05, 4.69) is 5.32 Å². The minimum absolute atomic E-state index is 0.295. The van der Waals surface area contributed by atoms with Gasteiger partial charge in [-0.05, 0) is 41.5 Å². The Morgan fingerprint density at radius 1 is 1.21 bits per heavy atom. The van der Waals surface area contributed by atoms with Crippen LogP contribution in [0.2, 0.25) is 5.02 Å². The maximum absolute atomic E-state index is 11.9. The first-order chi connectivity index (χ1) is 14.0. The number of amides is 1. The zero-order valence-electron chi connectivity index (χ0n) is 15.8. The molecule has 3 rings (SSSR count). The Bertz CT molecular complexity index is 910. The van der Waals surface area contributed by atoms with Crippen LogP contribution in [-0.2, 0) is 20.9 Å². The number of carbonyl (C=O) groups excluding carboxylic acids is 2. The third kappa shape index (κ3) is 5.89. The van der Waals surface area contributed by atoms with E-state index < -0.39 is 11.9 Å². The van der Waals surface area contributed by atoms with Crippen LogP contribution in [0.4, 0.5) is 0 Å². The van der Waals surface area contributed by atoms with Gasteiger partial charge in [-0.3, -0.25) is 4.79 Å². The molecule has 0 bridgehead atoms. The monoisotopic (exact) mass is 417 g/mol. The van der Waals surface area contributed by atoms with Crippen molar-refractivity contribution in [2.24, 2.45) is 0 Å². The van der Waals surface area contributed by atoms with Crippen LogP contribution in [0.25, 0.3) is 6.08 Å². The summed E-state index contributed by atoms with van der Waals surface area (Å²) in [4.78, 5) is 23.7. The van der Waals surface area contributed by atoms with Crippen LogP contribution in [-0.4, -0.2) is 38.8 Å². The molecule has 1 aliphatic heterocycles. The Morgan fingerprint density at radius 2 is 2.03 bits per heavy atom. The number of hydrogen-bond donors (Lipinski definition) is 1. The van der Waals surface area contributed by atoms with Gasteiger partial charge in [0.15, 0.2) is 18.1 Å². The van der Waals surface area contributed by atoms with Gasteiger partial charge in [0.1, 0.15) is 13.2 Å². The number of rotatable bonds is 7. The van der Waals surface area contributed by atoms with E-state index in [9.17, 15) is 9.59 Å². The summed E-state index contributed by atoms with van der Waals surface area (Å²) in [5.41, 5.74) is 1.53. The van der Waals surface area contributed by atoms with E-state index in [1.807, 2.05) is 6.07 Å². The Kier molecular flexibility index (Phi) is 6.97. The summed E-state index contributed by atoms with van der Waals surface area (Å²) in [6, 6.07) is 10.6. The maximum atomic E-state index is 11.9. The first-order valence-corrected chi connectivity index (χ1v) is 9.26. The van der Waals surface area contributed by atoms with Crippen molar-refractivity contribution < 1.29 is 28.5 Å². The van der Waals surface area contributed by atoms with Gasteiger partial charge < -0.3 is 24.3 Å². The number of halogens is 1. The number of esters is 1. The van der Waals surface area contributed by atoms with E-state index in [1.54, 1.807) is 36.4 Å². The minimum atomic E-state index is -0.642. The summed E-state index contributed by atoms with van der Waals surface area (Å²) in [7, 11) is 1.53. The van der Waals surface area contributed by atoms with Crippen molar-refractivity contribution in [1.29, 1.82) is 0 Å². The topological polar surface area (TPSA) is 83.1 Å². The number of benzene rings is 2. The van der Waals surface area contributed by atoms with E-state index in [0.717, 1.165) is 5.56 Å². The molecule has 0 unspecified atom stereocenters. The van der Waals surface area contributed by atoms with E-state index >= 15 is 0 Å². The molecule has 0 spiro atoms. The molecule has 7 nitrogen and oxygen atoms in total. The predicted octanol–water partition coefficient (Wildman–Crippen LogP) is 2.99. The third-order valence-corrected chi connectivity index (χ3v) is 4.22. The number of hydrogen-bond acceptors (Lipinski definition) is 6. The van der Waals surface area contributed by atoms with Crippen molar-refractivity contribution in [1.82, 2.24) is 5.32 Å². The molecule has 1 N–H and O–H groups in total. The normalized spacial score (nSPS) is 12.5. The Labute approximate surface area is 173 Å². The molecule has 1 heterocycles. The van der Waals surface area contributed by atoms with Gasteiger partial charge in [-0.25, -0.2) is 4.79 Å². The number of methoxy groups -OCH3 is 1. The average molecular weight is 418 g/mol. The van der Waals surface area contributed by atoms with E-state index in [-0.39, 0.29) is 6.61 Å². The standard InChI is InChI=1S/C21H20ClNO6/c1-26-17-10-14(11-18-21(17)28-8-7-27-18)5-6-20(25)29-13-19(24)23-12-15-3-2-4-16(22)9-15/h2-6,9-11H,7-8,12-13H2,1H3,(H,23,24)/b6-5+. The summed E-state index contributed by atoms with van der Waals surface area (Å²) >= 11 is 5.89. The second-order valence-corrected chi connectivity index (χ2v) is 6.53. The van der Waals surface area contributed by atoms with E-state index in [1.165, 1.54) is 13.2 Å². The molecule has 1 aliphatic rings. The average Bonchev–Trinajstić information content (AvgIpc) is 2.74. The van der Waals surface area contributed by atoms with Crippen LogP contribution in [0.3, 0.4) is 0 Å². The lowest BCUT2D eigenvalue weighted by molar-refractivity contribution is -0.143. The first kappa shape index (κ1) is 20.5. The van der Waals surface area contributed by atoms with Crippen molar-refractivity contribution in [2.75, 3.05) is 26.9 Å². The number of nitrogens with one attached hydrogen (secondary N) is 1. The third-order valence-electron chi connectivity index (χ3n) is 3.99. The molecule has 152 valence electrons. The van der Waals surface area contributed by atoms with Crippen LogP contribution >= 0.6 is 11.6 Å². The van der Waals surface area contributed by atoms with Gasteiger partial charge >= 0.3 is 5.97 Å². The fraction of sp³-hybridized carbons (Fsp3) is 0.238. The summed E-state index contributed by atoms with van der Waals surface area (Å²) in [5.74, 6) is 0.541. The SMILES string of the molecule is COc1cc(/C=C/C(=O)OCC(=O)NCc2cccc(Cl)c2)cc2c1OCCO2. The highest BCUT2D eigenvalue weighted by Crippen LogP contribution is 2.40. The highest BCUT2D eigenvalue weighted by molar-refractivity contribution is 6.30. The number of carbonyl (C=O) groups is 2. The highest BCUT2D eigenvalue weighted by atomic mass is 35.5. The lowest BCUT2D eigenvalue weighted by atomic mass is 10.1. The second kappa shape index (κ2) is 9.84. The zero-order chi connectivity index (χ0) is 20.6. The van der Waals surface area contributed by atoms with E-state index in [0.29, 0.717) is 47.6 Å². The molecular formula is C21H20ClNO6. The molecule has 1 amide bonds. The molecule has 0 aliphatic carbocycles. The largest absolute Gasteiger partial charge is 0.493 e. The van der Waals surface area contributed by atoms with Crippen molar-refractivity contribution in [2.45, 2.75) is 6.54 Å². The molecule has 2 aromatic rings. The predicted molar refractivity (Wildman–Crippen MR) is 107 cm³/mol. The van der Waals surface area contributed by atoms with Gasteiger partial charge in [0.25, 0.3) is 5.91 Å². The molecule has 0 fully saturated rings. The first-order valence-electron chi connectivity index (χ1n) is 8.89. The Balaban J connectivity index is 1.50. The van der Waals surface area contributed by atoms with Gasteiger partial charge in [0, 0.05) is 17.6 Å². The second-order valence-electron chi connectivity index (χ2n) is 6.10. The van der Waals surface area contributed by atoms with Crippen molar-refractivity contribution in [3.8, 4) is 17.2 Å². The summed E-state index contributed by atoms with van der Waals surface area (Å²) < 4.78 is 21.3. The highest BCUT2D eigenvalue weighted by Gasteiger charge is 2.17. The van der Waals surface area contributed by atoms with E-state index in [4.69, 9.17) is 30.5 Å². The summed E-state index contributed by atoms with van der Waals surface area (Å²) in [5, 5.41) is 3.25. The van der Waals surface area contributed by atoms with Crippen LogP contribution < -0.4 is 19.5 Å². The molecule has 0 radical (unpaired) electrons. The molecule has 0 atom stereocenters. The number of fused-ring (bicyclic) bond motifs is 1. The molecule has 0 saturated carbocycles. The molecule has 8 heteroatoms. The van der Waals surface area contributed by atoms with Gasteiger partial charge in [0.2, 0.25) is 5.75 Å². The van der Waals surface area contributed by atoms with Crippen molar-refractivity contribution in [3.63, 3.8) is 0 Å². The Morgan fingerprint density at radius 3 is 2.83 bits per heavy atom. The lowest BCUT2D eigenvalue weighted by Gasteiger charge is -2.20. The smallest absolute Gasteiger partial charge is 0.331 e. The van der Waals surface area contributed by atoms with Crippen LogP contribution in [0.1, 0.15) is 11.1 Å². The van der Waals surface area contributed by atoms with Gasteiger partial charge in [0.05, 0.1) is 7.11 Å². The van der Waals surface area contributed by atoms with Gasteiger partial charge in [-0.15, -0.1) is 0 Å². The van der Waals surface area contributed by atoms with Crippen LogP contribution in [0, 0.1) is 0 Å². The zero-order valence-corrected chi connectivity index (χ0v) is 16.5.